The summed E-state index contributed by atoms with van der Waals surface area (Å²) < 4.78 is 76.4. The fraction of sp³-hybridized carbons (Fsp3) is 0.125. The second-order valence-electron chi connectivity index (χ2n) is 4.88. The number of halogens is 5. The lowest BCUT2D eigenvalue weighted by Crippen LogP contribution is -2.24. The van der Waals surface area contributed by atoms with Gasteiger partial charge in [0.25, 0.3) is 0 Å². The molecular formula is C16H12F5N3O2S. The van der Waals surface area contributed by atoms with Gasteiger partial charge in [-0.3, -0.25) is 5.43 Å². The molecule has 2 rings (SSSR count). The fourth-order valence-electron chi connectivity index (χ4n) is 1.96. The molecular weight excluding hydrogens is 393 g/mol. The Morgan fingerprint density at radius 2 is 1.48 bits per heavy atom. The number of anilines is 1. The molecule has 0 radical (unpaired) electrons. The van der Waals surface area contributed by atoms with Crippen molar-refractivity contribution in [2.75, 3.05) is 19.5 Å². The van der Waals surface area contributed by atoms with E-state index in [-0.39, 0.29) is 5.11 Å². The third kappa shape index (κ3) is 4.42. The van der Waals surface area contributed by atoms with Gasteiger partial charge in [-0.05, 0) is 24.4 Å². The van der Waals surface area contributed by atoms with Gasteiger partial charge < -0.3 is 14.8 Å². The van der Waals surface area contributed by atoms with Gasteiger partial charge >= 0.3 is 0 Å². The molecule has 0 saturated carbocycles. The maximum atomic E-state index is 13.5. The molecule has 0 fully saturated rings. The molecule has 27 heavy (non-hydrogen) atoms. The van der Waals surface area contributed by atoms with Crippen LogP contribution in [0, 0.1) is 29.1 Å². The summed E-state index contributed by atoms with van der Waals surface area (Å²) in [5.41, 5.74) is 1.47. The number of benzene rings is 2. The van der Waals surface area contributed by atoms with Crippen molar-refractivity contribution in [3.05, 3.63) is 52.8 Å². The molecule has 144 valence electrons. The lowest BCUT2D eigenvalue weighted by atomic mass is 10.2. The zero-order chi connectivity index (χ0) is 20.1. The summed E-state index contributed by atoms with van der Waals surface area (Å²) in [5, 5.41) is 5.96. The average molecular weight is 405 g/mol. The van der Waals surface area contributed by atoms with E-state index in [0.29, 0.717) is 23.4 Å². The van der Waals surface area contributed by atoms with Gasteiger partial charge in [0.2, 0.25) is 5.82 Å². The summed E-state index contributed by atoms with van der Waals surface area (Å²) >= 11 is 4.93. The van der Waals surface area contributed by atoms with E-state index in [9.17, 15) is 22.0 Å². The zero-order valence-electron chi connectivity index (χ0n) is 13.9. The number of nitrogens with zero attached hydrogens (tertiary/aromatic N) is 1. The Hall–Kier alpha value is -2.95. The van der Waals surface area contributed by atoms with Crippen LogP contribution in [0.4, 0.5) is 27.6 Å². The number of thiocarbonyl (C=S) groups is 1. The molecule has 2 aromatic rings. The predicted molar refractivity (Wildman–Crippen MR) is 92.7 cm³/mol. The lowest BCUT2D eigenvalue weighted by Gasteiger charge is -2.11. The first-order valence-electron chi connectivity index (χ1n) is 7.13. The van der Waals surface area contributed by atoms with Gasteiger partial charge in [0.15, 0.2) is 39.9 Å². The maximum Gasteiger partial charge on any atom is 0.200 e. The average Bonchev–Trinajstić information content (AvgIpc) is 2.67. The van der Waals surface area contributed by atoms with Crippen LogP contribution in [0.2, 0.25) is 0 Å². The fourth-order valence-corrected chi connectivity index (χ4v) is 2.13. The van der Waals surface area contributed by atoms with E-state index >= 15 is 0 Å². The summed E-state index contributed by atoms with van der Waals surface area (Å²) in [6.45, 7) is 0. The van der Waals surface area contributed by atoms with Crippen molar-refractivity contribution < 1.29 is 31.4 Å². The number of hydrogen-bond donors (Lipinski definition) is 2. The summed E-state index contributed by atoms with van der Waals surface area (Å²) in [6.07, 6.45) is 0.429. The van der Waals surface area contributed by atoms with Crippen LogP contribution >= 0.6 is 12.2 Å². The standard InChI is InChI=1S/C16H12F5N3O2S/c1-25-9-4-3-7(5-10(9)26-2)23-16(27)24-22-6-8-11(17)13(19)15(21)14(20)12(8)18/h3-6H,1-2H3,(H2,23,24,27)/b22-6-. The molecule has 0 aliphatic carbocycles. The van der Waals surface area contributed by atoms with E-state index in [1.54, 1.807) is 18.2 Å². The van der Waals surface area contributed by atoms with Crippen molar-refractivity contribution in [2.24, 2.45) is 5.10 Å². The van der Waals surface area contributed by atoms with Gasteiger partial charge in [-0.15, -0.1) is 0 Å². The van der Waals surface area contributed by atoms with Crippen molar-refractivity contribution in [1.82, 2.24) is 5.43 Å². The molecule has 0 aliphatic rings. The van der Waals surface area contributed by atoms with Gasteiger partial charge in [0, 0.05) is 11.8 Å². The summed E-state index contributed by atoms with van der Waals surface area (Å²) in [7, 11) is 2.90. The Labute approximate surface area is 155 Å². The second-order valence-corrected chi connectivity index (χ2v) is 5.29. The minimum atomic E-state index is -2.25. The van der Waals surface area contributed by atoms with E-state index < -0.39 is 34.6 Å². The van der Waals surface area contributed by atoms with Gasteiger partial charge in [-0.2, -0.15) is 5.10 Å². The maximum absolute atomic E-state index is 13.5. The van der Waals surface area contributed by atoms with Crippen molar-refractivity contribution in [2.45, 2.75) is 0 Å². The molecule has 0 unspecified atom stereocenters. The van der Waals surface area contributed by atoms with E-state index in [1.807, 2.05) is 0 Å². The van der Waals surface area contributed by atoms with Crippen LogP contribution in [-0.2, 0) is 0 Å². The van der Waals surface area contributed by atoms with Crippen LogP contribution in [0.3, 0.4) is 0 Å². The minimum absolute atomic E-state index is 0.109. The first-order chi connectivity index (χ1) is 12.8. The van der Waals surface area contributed by atoms with Crippen molar-refractivity contribution in [1.29, 1.82) is 0 Å². The Kier molecular flexibility index (Phi) is 6.50. The molecule has 0 spiro atoms. The predicted octanol–water partition coefficient (Wildman–Crippen LogP) is 3.72. The van der Waals surface area contributed by atoms with E-state index in [1.165, 1.54) is 14.2 Å². The van der Waals surface area contributed by atoms with Crippen LogP contribution in [-0.4, -0.2) is 25.5 Å². The van der Waals surface area contributed by atoms with Gasteiger partial charge in [-0.1, -0.05) is 0 Å². The Balaban J connectivity index is 2.10. The highest BCUT2D eigenvalue weighted by Gasteiger charge is 2.24. The molecule has 0 bridgehead atoms. The molecule has 2 N–H and O–H groups in total. The van der Waals surface area contributed by atoms with Gasteiger partial charge in [-0.25, -0.2) is 22.0 Å². The number of hydrazone groups is 1. The molecule has 5 nitrogen and oxygen atoms in total. The highest BCUT2D eigenvalue weighted by Crippen LogP contribution is 2.29. The lowest BCUT2D eigenvalue weighted by molar-refractivity contribution is 0.355. The van der Waals surface area contributed by atoms with Crippen LogP contribution in [0.1, 0.15) is 5.56 Å². The smallest absolute Gasteiger partial charge is 0.200 e. The molecule has 2 aromatic carbocycles. The van der Waals surface area contributed by atoms with Crippen LogP contribution in [0.25, 0.3) is 0 Å². The van der Waals surface area contributed by atoms with Gasteiger partial charge in [0.1, 0.15) is 0 Å². The first kappa shape index (κ1) is 20.4. The summed E-state index contributed by atoms with van der Waals surface area (Å²) in [5.74, 6) is -9.50. The molecule has 0 aromatic heterocycles. The highest BCUT2D eigenvalue weighted by molar-refractivity contribution is 7.80. The van der Waals surface area contributed by atoms with Gasteiger partial charge in [0.05, 0.1) is 26.0 Å². The van der Waals surface area contributed by atoms with E-state index in [2.05, 4.69) is 15.8 Å². The molecule has 0 aliphatic heterocycles. The first-order valence-corrected chi connectivity index (χ1v) is 7.54. The highest BCUT2D eigenvalue weighted by atomic mass is 32.1. The number of rotatable bonds is 5. The SMILES string of the molecule is COc1ccc(NC(=S)N/N=C\c2c(F)c(F)c(F)c(F)c2F)cc1OC. The number of ether oxygens (including phenoxy) is 2. The van der Waals surface area contributed by atoms with Crippen LogP contribution in [0.15, 0.2) is 23.3 Å². The molecule has 0 amide bonds. The number of methoxy groups -OCH3 is 2. The minimum Gasteiger partial charge on any atom is -0.493 e. The molecule has 0 atom stereocenters. The van der Waals surface area contributed by atoms with Crippen LogP contribution in [0.5, 0.6) is 11.5 Å². The molecule has 11 heteroatoms. The summed E-state index contributed by atoms with van der Waals surface area (Å²) in [6, 6.07) is 4.76. The number of hydrogen-bond acceptors (Lipinski definition) is 4. The monoisotopic (exact) mass is 405 g/mol. The van der Waals surface area contributed by atoms with Crippen LogP contribution < -0.4 is 20.2 Å². The molecule has 0 heterocycles. The van der Waals surface area contributed by atoms with Crippen molar-refractivity contribution in [3.8, 4) is 11.5 Å². The third-order valence-corrected chi connectivity index (χ3v) is 3.44. The van der Waals surface area contributed by atoms with E-state index in [4.69, 9.17) is 21.7 Å². The summed E-state index contributed by atoms with van der Waals surface area (Å²) in [4.78, 5) is 0. The zero-order valence-corrected chi connectivity index (χ0v) is 14.7. The largest absolute Gasteiger partial charge is 0.493 e. The third-order valence-electron chi connectivity index (χ3n) is 3.24. The number of nitrogens with one attached hydrogen (secondary N) is 2. The second kappa shape index (κ2) is 8.62. The Morgan fingerprint density at radius 1 is 0.926 bits per heavy atom. The molecule has 0 saturated heterocycles. The Bertz CT molecular complexity index is 879. The van der Waals surface area contributed by atoms with Crippen molar-refractivity contribution in [3.63, 3.8) is 0 Å². The topological polar surface area (TPSA) is 54.9 Å². The normalized spacial score (nSPS) is 10.8. The van der Waals surface area contributed by atoms with E-state index in [0.717, 1.165) is 0 Å². The quantitative estimate of drug-likeness (QED) is 0.198. The van der Waals surface area contributed by atoms with Crippen molar-refractivity contribution >= 4 is 29.2 Å². The Morgan fingerprint density at radius 3 is 2.04 bits per heavy atom.